The van der Waals surface area contributed by atoms with Crippen molar-refractivity contribution in [2.75, 3.05) is 31.8 Å². The number of rotatable bonds is 7. The quantitative estimate of drug-likeness (QED) is 0.241. The molecule has 1 amide bonds. The van der Waals surface area contributed by atoms with Crippen molar-refractivity contribution < 1.29 is 24.0 Å². The van der Waals surface area contributed by atoms with Gasteiger partial charge >= 0.3 is 5.97 Å². The highest BCUT2D eigenvalue weighted by molar-refractivity contribution is 6.08. The second kappa shape index (κ2) is 8.75. The summed E-state index contributed by atoms with van der Waals surface area (Å²) < 4.78 is 12.1. The minimum Gasteiger partial charge on any atom is -0.465 e. The largest absolute Gasteiger partial charge is 0.465 e. The second-order valence-corrected chi connectivity index (χ2v) is 7.24. The van der Waals surface area contributed by atoms with Gasteiger partial charge in [-0.1, -0.05) is 30.3 Å². The Balaban J connectivity index is 2.03. The molecule has 166 valence electrons. The van der Waals surface area contributed by atoms with Gasteiger partial charge in [0.2, 0.25) is 11.9 Å². The van der Waals surface area contributed by atoms with Gasteiger partial charge in [0.1, 0.15) is 0 Å². The summed E-state index contributed by atoms with van der Waals surface area (Å²) in [4.78, 5) is 44.0. The third-order valence-electron chi connectivity index (χ3n) is 5.46. The van der Waals surface area contributed by atoms with Crippen molar-refractivity contribution in [2.45, 2.75) is 13.0 Å². The monoisotopic (exact) mass is 438 g/mol. The van der Waals surface area contributed by atoms with Crippen LogP contribution in [0.15, 0.2) is 48.5 Å². The average molecular weight is 438 g/mol. The summed E-state index contributed by atoms with van der Waals surface area (Å²) in [5, 5.41) is 11.8. The first kappa shape index (κ1) is 21.4. The summed E-state index contributed by atoms with van der Waals surface area (Å²) in [6.07, 6.45) is 0. The number of carbonyl (C=O) groups is 2. The zero-order valence-electron chi connectivity index (χ0n) is 17.6. The Morgan fingerprint density at radius 1 is 1.19 bits per heavy atom. The van der Waals surface area contributed by atoms with Gasteiger partial charge in [0.05, 0.1) is 47.3 Å². The van der Waals surface area contributed by atoms with Crippen LogP contribution in [0.1, 0.15) is 18.5 Å². The Kier molecular flexibility index (Phi) is 5.87. The molecule has 1 aliphatic heterocycles. The lowest BCUT2D eigenvalue weighted by Gasteiger charge is -2.37. The van der Waals surface area contributed by atoms with Gasteiger partial charge in [-0.25, -0.2) is 4.98 Å². The van der Waals surface area contributed by atoms with Crippen LogP contribution < -0.4 is 4.90 Å². The number of nitro groups is 1. The molecule has 2 heterocycles. The van der Waals surface area contributed by atoms with E-state index in [2.05, 4.69) is 4.98 Å². The van der Waals surface area contributed by atoms with Crippen molar-refractivity contribution in [2.24, 2.45) is 5.92 Å². The molecule has 0 spiro atoms. The first-order valence-electron chi connectivity index (χ1n) is 10.2. The first-order valence-corrected chi connectivity index (χ1v) is 10.2. The summed E-state index contributed by atoms with van der Waals surface area (Å²) in [6.45, 7) is 2.10. The number of amides is 1. The van der Waals surface area contributed by atoms with Gasteiger partial charge in [-0.05, 0) is 19.1 Å². The van der Waals surface area contributed by atoms with Crippen LogP contribution in [0, 0.1) is 16.0 Å². The smallest absolute Gasteiger partial charge is 0.321 e. The molecule has 0 aliphatic carbocycles. The van der Waals surface area contributed by atoms with Crippen molar-refractivity contribution in [3.63, 3.8) is 0 Å². The standard InChI is InChI=1S/C22H22N4O6/c1-3-32-21(28)18-19(14-8-4-6-10-16(14)26(29)30)25-17-11-7-5-9-15(17)23-22(25)24(20(18)27)12-13-31-2/h4-11,18-19H,3,12-13H2,1-2H3/t18-,19+/m1/s1. The normalized spacial score (nSPS) is 17.9. The summed E-state index contributed by atoms with van der Waals surface area (Å²) in [5.74, 6) is -2.30. The number of methoxy groups -OCH3 is 1. The van der Waals surface area contributed by atoms with Gasteiger partial charge in [-0.15, -0.1) is 0 Å². The van der Waals surface area contributed by atoms with E-state index < -0.39 is 28.8 Å². The van der Waals surface area contributed by atoms with E-state index in [1.807, 2.05) is 12.1 Å². The maximum Gasteiger partial charge on any atom is 0.321 e. The average Bonchev–Trinajstić information content (AvgIpc) is 3.17. The molecule has 10 heteroatoms. The molecule has 4 rings (SSSR count). The molecule has 1 aliphatic rings. The SMILES string of the molecule is CCOC(=O)[C@H]1C(=O)N(CCOC)c2nc3ccccc3n2[C@H]1c1ccccc1[N+](=O)[O-]. The Bertz CT molecular complexity index is 1190. The summed E-state index contributed by atoms with van der Waals surface area (Å²) >= 11 is 0. The molecule has 3 aromatic rings. The highest BCUT2D eigenvalue weighted by Crippen LogP contribution is 2.43. The number of hydrogen-bond acceptors (Lipinski definition) is 7. The molecule has 0 fully saturated rings. The van der Waals surface area contributed by atoms with Gasteiger partial charge in [0, 0.05) is 13.2 Å². The Hall–Kier alpha value is -3.79. The van der Waals surface area contributed by atoms with Gasteiger partial charge < -0.3 is 14.0 Å². The third kappa shape index (κ3) is 3.48. The highest BCUT2D eigenvalue weighted by atomic mass is 16.6. The molecule has 0 saturated carbocycles. The lowest BCUT2D eigenvalue weighted by atomic mass is 9.88. The Labute approximate surface area is 183 Å². The number of benzene rings is 2. The molecule has 32 heavy (non-hydrogen) atoms. The van der Waals surface area contributed by atoms with Crippen molar-refractivity contribution >= 4 is 34.5 Å². The highest BCUT2D eigenvalue weighted by Gasteiger charge is 2.49. The minimum absolute atomic E-state index is 0.0713. The molecule has 2 aromatic carbocycles. The lowest BCUT2D eigenvalue weighted by molar-refractivity contribution is -0.385. The zero-order chi connectivity index (χ0) is 22.8. The third-order valence-corrected chi connectivity index (χ3v) is 5.46. The summed E-state index contributed by atoms with van der Waals surface area (Å²) in [5.41, 5.74) is 1.30. The molecular weight excluding hydrogens is 416 g/mol. The van der Waals surface area contributed by atoms with E-state index in [4.69, 9.17) is 9.47 Å². The van der Waals surface area contributed by atoms with E-state index in [0.717, 1.165) is 0 Å². The van der Waals surface area contributed by atoms with E-state index in [0.29, 0.717) is 17.0 Å². The first-order chi connectivity index (χ1) is 15.5. The number of aromatic nitrogens is 2. The fraction of sp³-hybridized carbons (Fsp3) is 0.318. The van der Waals surface area contributed by atoms with Crippen molar-refractivity contribution in [1.82, 2.24) is 9.55 Å². The molecule has 0 saturated heterocycles. The van der Waals surface area contributed by atoms with Crippen molar-refractivity contribution in [1.29, 1.82) is 0 Å². The van der Waals surface area contributed by atoms with Crippen LogP contribution in [0.2, 0.25) is 0 Å². The van der Waals surface area contributed by atoms with Crippen molar-refractivity contribution in [3.05, 3.63) is 64.2 Å². The van der Waals surface area contributed by atoms with Crippen LogP contribution in [-0.2, 0) is 19.1 Å². The number of anilines is 1. The molecule has 1 aromatic heterocycles. The van der Waals surface area contributed by atoms with E-state index in [1.165, 1.54) is 18.1 Å². The molecule has 10 nitrogen and oxygen atoms in total. The maximum atomic E-state index is 13.6. The van der Waals surface area contributed by atoms with Gasteiger partial charge in [-0.3, -0.25) is 24.6 Å². The van der Waals surface area contributed by atoms with Crippen LogP contribution >= 0.6 is 0 Å². The van der Waals surface area contributed by atoms with Crippen LogP contribution in [0.4, 0.5) is 11.6 Å². The van der Waals surface area contributed by atoms with Gasteiger partial charge in [0.15, 0.2) is 5.92 Å². The van der Waals surface area contributed by atoms with E-state index in [-0.39, 0.29) is 31.0 Å². The fourth-order valence-corrected chi connectivity index (χ4v) is 4.12. The molecule has 0 radical (unpaired) electrons. The summed E-state index contributed by atoms with van der Waals surface area (Å²) in [6, 6.07) is 12.3. The van der Waals surface area contributed by atoms with E-state index in [9.17, 15) is 19.7 Å². The van der Waals surface area contributed by atoms with E-state index in [1.54, 1.807) is 41.8 Å². The lowest BCUT2D eigenvalue weighted by Crippen LogP contribution is -2.51. The second-order valence-electron chi connectivity index (χ2n) is 7.24. The van der Waals surface area contributed by atoms with E-state index >= 15 is 0 Å². The predicted molar refractivity (Wildman–Crippen MR) is 115 cm³/mol. The summed E-state index contributed by atoms with van der Waals surface area (Å²) in [7, 11) is 1.51. The number of para-hydroxylation sites is 3. The Morgan fingerprint density at radius 2 is 1.91 bits per heavy atom. The predicted octanol–water partition coefficient (Wildman–Crippen LogP) is 2.71. The molecule has 0 N–H and O–H groups in total. The van der Waals surface area contributed by atoms with Crippen molar-refractivity contribution in [3.8, 4) is 0 Å². The van der Waals surface area contributed by atoms with Crippen LogP contribution in [0.3, 0.4) is 0 Å². The number of fused-ring (bicyclic) bond motifs is 3. The zero-order valence-corrected chi connectivity index (χ0v) is 17.6. The number of ether oxygens (including phenoxy) is 2. The molecule has 0 unspecified atom stereocenters. The molecule has 2 atom stereocenters. The van der Waals surface area contributed by atoms with Crippen LogP contribution in [-0.4, -0.2) is 53.2 Å². The molecular formula is C22H22N4O6. The van der Waals surface area contributed by atoms with Gasteiger partial charge in [-0.2, -0.15) is 0 Å². The van der Waals surface area contributed by atoms with Crippen LogP contribution in [0.5, 0.6) is 0 Å². The number of esters is 1. The number of hydrogen-bond donors (Lipinski definition) is 0. The Morgan fingerprint density at radius 3 is 2.62 bits per heavy atom. The number of imidazole rings is 1. The molecule has 0 bridgehead atoms. The van der Waals surface area contributed by atoms with Gasteiger partial charge in [0.25, 0.3) is 5.69 Å². The van der Waals surface area contributed by atoms with Crippen LogP contribution in [0.25, 0.3) is 11.0 Å². The number of carbonyl (C=O) groups excluding carboxylic acids is 2. The maximum absolute atomic E-state index is 13.6. The number of nitrogens with zero attached hydrogens (tertiary/aromatic N) is 4. The number of nitro benzene ring substituents is 1. The topological polar surface area (TPSA) is 117 Å². The minimum atomic E-state index is -1.32. The fourth-order valence-electron chi connectivity index (χ4n) is 4.12.